The smallest absolute Gasteiger partial charge is 0.00464 e. The lowest BCUT2D eigenvalue weighted by atomic mass is 10.0. The fourth-order valence-electron chi connectivity index (χ4n) is 1.32. The van der Waals surface area contributed by atoms with Crippen LogP contribution in [0.1, 0.15) is 40.0 Å². The summed E-state index contributed by atoms with van der Waals surface area (Å²) in [6, 6.07) is 0. The summed E-state index contributed by atoms with van der Waals surface area (Å²) in [5.74, 6) is 0.850. The van der Waals surface area contributed by atoms with Gasteiger partial charge in [0.25, 0.3) is 0 Å². The Morgan fingerprint density at radius 1 is 0.923 bits per heavy atom. The Kier molecular flexibility index (Phi) is 9.94. The number of hydrogen-bond donors (Lipinski definition) is 2. The van der Waals surface area contributed by atoms with Crippen molar-refractivity contribution in [2.45, 2.75) is 40.0 Å². The summed E-state index contributed by atoms with van der Waals surface area (Å²) < 4.78 is 0. The van der Waals surface area contributed by atoms with Crippen molar-refractivity contribution in [1.82, 2.24) is 10.6 Å². The Hall–Kier alpha value is -0.0800. The van der Waals surface area contributed by atoms with Gasteiger partial charge < -0.3 is 10.6 Å². The van der Waals surface area contributed by atoms with Crippen molar-refractivity contribution in [2.24, 2.45) is 5.92 Å². The number of nitrogens with one attached hydrogen (secondary N) is 2. The molecule has 0 aliphatic carbocycles. The molecule has 0 amide bonds. The lowest BCUT2D eigenvalue weighted by Crippen LogP contribution is -2.21. The fraction of sp³-hybridized carbons (Fsp3) is 1.00. The molecule has 0 radical (unpaired) electrons. The standard InChI is InChI=1S/C11H26N2/c1-4-8-13-10-7-11(3)6-9-12-5-2/h11-13H,4-10H2,1-3H3. The molecule has 0 aromatic rings. The predicted molar refractivity (Wildman–Crippen MR) is 60.1 cm³/mol. The topological polar surface area (TPSA) is 24.1 Å². The van der Waals surface area contributed by atoms with Crippen molar-refractivity contribution in [2.75, 3.05) is 26.2 Å². The zero-order chi connectivity index (χ0) is 9.94. The maximum absolute atomic E-state index is 3.44. The molecule has 0 rings (SSSR count). The summed E-state index contributed by atoms with van der Waals surface area (Å²) in [6.07, 6.45) is 3.86. The van der Waals surface area contributed by atoms with Crippen LogP contribution in [0.4, 0.5) is 0 Å². The van der Waals surface area contributed by atoms with Crippen molar-refractivity contribution in [3.05, 3.63) is 0 Å². The summed E-state index contributed by atoms with van der Waals surface area (Å²) in [7, 11) is 0. The highest BCUT2D eigenvalue weighted by atomic mass is 14.8. The molecule has 2 heteroatoms. The van der Waals surface area contributed by atoms with Crippen LogP contribution in [0.3, 0.4) is 0 Å². The lowest BCUT2D eigenvalue weighted by Gasteiger charge is -2.11. The van der Waals surface area contributed by atoms with Crippen LogP contribution in [-0.4, -0.2) is 26.2 Å². The monoisotopic (exact) mass is 186 g/mol. The second-order valence-corrected chi connectivity index (χ2v) is 3.79. The minimum atomic E-state index is 0.850. The van der Waals surface area contributed by atoms with E-state index in [4.69, 9.17) is 0 Å². The molecule has 0 saturated carbocycles. The predicted octanol–water partition coefficient (Wildman–Crippen LogP) is 2.01. The minimum Gasteiger partial charge on any atom is -0.317 e. The van der Waals surface area contributed by atoms with Gasteiger partial charge in [-0.05, 0) is 51.4 Å². The highest BCUT2D eigenvalue weighted by Gasteiger charge is 2.00. The van der Waals surface area contributed by atoms with Gasteiger partial charge >= 0.3 is 0 Å². The fourth-order valence-corrected chi connectivity index (χ4v) is 1.32. The molecule has 0 aromatic heterocycles. The Balaban J connectivity index is 3.05. The van der Waals surface area contributed by atoms with Gasteiger partial charge in [-0.3, -0.25) is 0 Å². The summed E-state index contributed by atoms with van der Waals surface area (Å²) in [5, 5.41) is 6.80. The first-order chi connectivity index (χ1) is 6.31. The highest BCUT2D eigenvalue weighted by Crippen LogP contribution is 2.04. The normalized spacial score (nSPS) is 13.2. The van der Waals surface area contributed by atoms with Crippen LogP contribution >= 0.6 is 0 Å². The molecule has 0 bridgehead atoms. The van der Waals surface area contributed by atoms with Crippen molar-refractivity contribution in [3.63, 3.8) is 0 Å². The molecule has 2 nitrogen and oxygen atoms in total. The van der Waals surface area contributed by atoms with E-state index in [1.165, 1.54) is 38.9 Å². The average Bonchev–Trinajstić information content (AvgIpc) is 2.13. The second kappa shape index (κ2) is 10.0. The van der Waals surface area contributed by atoms with Crippen LogP contribution < -0.4 is 10.6 Å². The Morgan fingerprint density at radius 3 is 2.08 bits per heavy atom. The van der Waals surface area contributed by atoms with E-state index in [-0.39, 0.29) is 0 Å². The van der Waals surface area contributed by atoms with Gasteiger partial charge in [-0.2, -0.15) is 0 Å². The number of hydrogen-bond acceptors (Lipinski definition) is 2. The van der Waals surface area contributed by atoms with E-state index in [0.717, 1.165) is 12.5 Å². The molecular weight excluding hydrogens is 160 g/mol. The first kappa shape index (κ1) is 12.9. The zero-order valence-electron chi connectivity index (χ0n) is 9.53. The van der Waals surface area contributed by atoms with E-state index in [1.807, 2.05) is 0 Å². The summed E-state index contributed by atoms with van der Waals surface area (Å²) in [5.41, 5.74) is 0. The van der Waals surface area contributed by atoms with Crippen LogP contribution in [0.2, 0.25) is 0 Å². The van der Waals surface area contributed by atoms with Gasteiger partial charge in [0.1, 0.15) is 0 Å². The van der Waals surface area contributed by atoms with E-state index in [0.29, 0.717) is 0 Å². The van der Waals surface area contributed by atoms with Crippen LogP contribution in [0.5, 0.6) is 0 Å². The van der Waals surface area contributed by atoms with Crippen molar-refractivity contribution < 1.29 is 0 Å². The highest BCUT2D eigenvalue weighted by molar-refractivity contribution is 4.57. The molecule has 0 aliphatic rings. The lowest BCUT2D eigenvalue weighted by molar-refractivity contribution is 0.456. The van der Waals surface area contributed by atoms with Crippen LogP contribution in [-0.2, 0) is 0 Å². The zero-order valence-corrected chi connectivity index (χ0v) is 9.53. The minimum absolute atomic E-state index is 0.850. The molecule has 0 aliphatic heterocycles. The maximum atomic E-state index is 3.44. The second-order valence-electron chi connectivity index (χ2n) is 3.79. The third-order valence-electron chi connectivity index (χ3n) is 2.30. The molecule has 0 saturated heterocycles. The first-order valence-electron chi connectivity index (χ1n) is 5.72. The third kappa shape index (κ3) is 9.84. The Morgan fingerprint density at radius 2 is 1.54 bits per heavy atom. The summed E-state index contributed by atoms with van der Waals surface area (Å²) in [6.45, 7) is 11.3. The van der Waals surface area contributed by atoms with Gasteiger partial charge in [0.2, 0.25) is 0 Å². The van der Waals surface area contributed by atoms with Gasteiger partial charge in [-0.25, -0.2) is 0 Å². The van der Waals surface area contributed by atoms with Gasteiger partial charge in [-0.1, -0.05) is 20.8 Å². The van der Waals surface area contributed by atoms with Gasteiger partial charge in [0, 0.05) is 0 Å². The van der Waals surface area contributed by atoms with Crippen LogP contribution in [0.25, 0.3) is 0 Å². The van der Waals surface area contributed by atoms with Crippen LogP contribution in [0, 0.1) is 5.92 Å². The van der Waals surface area contributed by atoms with Gasteiger partial charge in [-0.15, -0.1) is 0 Å². The van der Waals surface area contributed by atoms with E-state index in [1.54, 1.807) is 0 Å². The molecule has 0 spiro atoms. The van der Waals surface area contributed by atoms with Crippen molar-refractivity contribution >= 4 is 0 Å². The van der Waals surface area contributed by atoms with E-state index >= 15 is 0 Å². The van der Waals surface area contributed by atoms with E-state index in [9.17, 15) is 0 Å². The van der Waals surface area contributed by atoms with E-state index in [2.05, 4.69) is 31.4 Å². The van der Waals surface area contributed by atoms with Gasteiger partial charge in [0.05, 0.1) is 0 Å². The van der Waals surface area contributed by atoms with Crippen LogP contribution in [0.15, 0.2) is 0 Å². The molecule has 13 heavy (non-hydrogen) atoms. The Bertz CT molecular complexity index is 94.1. The number of rotatable bonds is 9. The molecule has 2 N–H and O–H groups in total. The Labute approximate surface area is 83.5 Å². The van der Waals surface area contributed by atoms with E-state index < -0.39 is 0 Å². The molecule has 1 unspecified atom stereocenters. The molecule has 0 aromatic carbocycles. The molecule has 0 heterocycles. The largest absolute Gasteiger partial charge is 0.317 e. The average molecular weight is 186 g/mol. The molecule has 1 atom stereocenters. The quantitative estimate of drug-likeness (QED) is 0.538. The third-order valence-corrected chi connectivity index (χ3v) is 2.30. The maximum Gasteiger partial charge on any atom is -0.00464 e. The van der Waals surface area contributed by atoms with Crippen molar-refractivity contribution in [3.8, 4) is 0 Å². The molecule has 80 valence electrons. The van der Waals surface area contributed by atoms with Crippen molar-refractivity contribution in [1.29, 1.82) is 0 Å². The SMILES string of the molecule is CCCNCCC(C)CCNCC. The summed E-state index contributed by atoms with van der Waals surface area (Å²) >= 11 is 0. The first-order valence-corrected chi connectivity index (χ1v) is 5.72. The molecular formula is C11H26N2. The summed E-state index contributed by atoms with van der Waals surface area (Å²) in [4.78, 5) is 0. The molecule has 0 fully saturated rings. The van der Waals surface area contributed by atoms with Gasteiger partial charge in [0.15, 0.2) is 0 Å².